The summed E-state index contributed by atoms with van der Waals surface area (Å²) >= 11 is 5.49. The smallest absolute Gasteiger partial charge is 0.283 e. The van der Waals surface area contributed by atoms with Gasteiger partial charge in [-0.05, 0) is 12.2 Å². The molecule has 0 atom stereocenters. The van der Waals surface area contributed by atoms with Crippen LogP contribution < -0.4 is 0 Å². The summed E-state index contributed by atoms with van der Waals surface area (Å²) < 4.78 is 0. The summed E-state index contributed by atoms with van der Waals surface area (Å²) in [5.41, 5.74) is 0.275. The van der Waals surface area contributed by atoms with E-state index in [9.17, 15) is 0 Å². The molecule has 15 heavy (non-hydrogen) atoms. The molecule has 0 bridgehead atoms. The third-order valence-electron chi connectivity index (χ3n) is 1.56. The number of rotatable bonds is 0. The van der Waals surface area contributed by atoms with Gasteiger partial charge in [0.15, 0.2) is 0 Å². The number of hydrogen-bond donors (Lipinski definition) is 2. The van der Waals surface area contributed by atoms with Gasteiger partial charge in [-0.1, -0.05) is 17.7 Å². The summed E-state index contributed by atoms with van der Waals surface area (Å²) in [5.74, 6) is -0.731. The van der Waals surface area contributed by atoms with Crippen molar-refractivity contribution in [2.45, 2.75) is 0 Å². The van der Waals surface area contributed by atoms with Crippen LogP contribution in [0.3, 0.4) is 0 Å². The zero-order valence-electron chi connectivity index (χ0n) is 7.74. The molecular weight excluding hydrogens is 255 g/mol. The first-order valence-corrected chi connectivity index (χ1v) is 4.42. The van der Waals surface area contributed by atoms with Crippen LogP contribution in [-0.4, -0.2) is 10.2 Å². The molecule has 2 nitrogen and oxygen atoms in total. The molecule has 0 saturated heterocycles. The SMILES string of the molecule is OC(O)=C1C=CC=C1Cl.[Fe].c1cc[cH-]c1. The summed E-state index contributed by atoms with van der Waals surface area (Å²) in [5, 5.41) is 17.3. The van der Waals surface area contributed by atoms with Crippen LogP contribution in [0.2, 0.25) is 0 Å². The predicted octanol–water partition coefficient (Wildman–Crippen LogP) is 3.41. The van der Waals surface area contributed by atoms with E-state index in [4.69, 9.17) is 21.8 Å². The maximum Gasteiger partial charge on any atom is 0.283 e. The Labute approximate surface area is 104 Å². The fourth-order valence-corrected chi connectivity index (χ4v) is 1.12. The molecule has 0 heterocycles. The molecule has 0 amide bonds. The molecule has 0 unspecified atom stereocenters. The maximum absolute atomic E-state index is 8.48. The second-order valence-electron chi connectivity index (χ2n) is 2.57. The van der Waals surface area contributed by atoms with E-state index < -0.39 is 5.95 Å². The molecule has 1 aliphatic carbocycles. The normalized spacial score (nSPS) is 12.3. The number of aliphatic hydroxyl groups is 2. The Morgan fingerprint density at radius 1 is 1.20 bits per heavy atom. The Hall–Kier alpha value is -1.02. The van der Waals surface area contributed by atoms with E-state index in [1.54, 1.807) is 12.2 Å². The van der Waals surface area contributed by atoms with Gasteiger partial charge in [0.2, 0.25) is 0 Å². The largest absolute Gasteiger partial charge is 0.481 e. The Morgan fingerprint density at radius 3 is 2.00 bits per heavy atom. The van der Waals surface area contributed by atoms with Gasteiger partial charge in [-0.3, -0.25) is 0 Å². The quantitative estimate of drug-likeness (QED) is 0.429. The van der Waals surface area contributed by atoms with Crippen LogP contribution in [0.25, 0.3) is 0 Å². The Balaban J connectivity index is 0.000000280. The molecule has 0 aliphatic heterocycles. The van der Waals surface area contributed by atoms with Crippen molar-refractivity contribution in [2.24, 2.45) is 0 Å². The van der Waals surface area contributed by atoms with Crippen molar-refractivity contribution in [1.29, 1.82) is 0 Å². The fourth-order valence-electron chi connectivity index (χ4n) is 0.900. The molecule has 1 aromatic rings. The van der Waals surface area contributed by atoms with Crippen LogP contribution in [0.5, 0.6) is 0 Å². The van der Waals surface area contributed by atoms with Crippen molar-refractivity contribution >= 4 is 11.6 Å². The van der Waals surface area contributed by atoms with Gasteiger partial charge in [0, 0.05) is 17.1 Å². The van der Waals surface area contributed by atoms with E-state index in [1.165, 1.54) is 6.08 Å². The molecule has 2 rings (SSSR count). The van der Waals surface area contributed by atoms with Gasteiger partial charge in [0.25, 0.3) is 5.95 Å². The number of aliphatic hydroxyl groups excluding tert-OH is 1. The summed E-state index contributed by atoms with van der Waals surface area (Å²) in [6.07, 6.45) is 4.76. The summed E-state index contributed by atoms with van der Waals surface area (Å²) in [6.45, 7) is 0. The minimum Gasteiger partial charge on any atom is -0.481 e. The van der Waals surface area contributed by atoms with Crippen LogP contribution in [0.1, 0.15) is 0 Å². The fraction of sp³-hybridized carbons (Fsp3) is 0. The first kappa shape index (κ1) is 14.0. The topological polar surface area (TPSA) is 40.5 Å². The van der Waals surface area contributed by atoms with Crippen LogP contribution in [0.4, 0.5) is 0 Å². The summed E-state index contributed by atoms with van der Waals surface area (Å²) in [4.78, 5) is 0. The monoisotopic (exact) mass is 265 g/mol. The van der Waals surface area contributed by atoms with Gasteiger partial charge in [0.05, 0.1) is 10.6 Å². The summed E-state index contributed by atoms with van der Waals surface area (Å²) in [7, 11) is 0. The number of halogens is 1. The molecular formula is C11H10ClFeO2-. The third-order valence-corrected chi connectivity index (χ3v) is 1.89. The first-order valence-electron chi connectivity index (χ1n) is 4.05. The molecule has 1 aromatic carbocycles. The van der Waals surface area contributed by atoms with Gasteiger partial charge in [-0.25, -0.2) is 12.1 Å². The van der Waals surface area contributed by atoms with Crippen molar-refractivity contribution in [2.75, 3.05) is 0 Å². The van der Waals surface area contributed by atoms with Crippen LogP contribution in [-0.2, 0) is 17.1 Å². The zero-order valence-corrected chi connectivity index (χ0v) is 9.60. The van der Waals surface area contributed by atoms with E-state index >= 15 is 0 Å². The Morgan fingerprint density at radius 2 is 1.80 bits per heavy atom. The van der Waals surface area contributed by atoms with Gasteiger partial charge in [-0.15, -0.1) is 0 Å². The van der Waals surface area contributed by atoms with Crippen LogP contribution in [0, 0.1) is 0 Å². The predicted molar refractivity (Wildman–Crippen MR) is 57.4 cm³/mol. The van der Waals surface area contributed by atoms with E-state index in [1.807, 2.05) is 30.3 Å². The van der Waals surface area contributed by atoms with Crippen molar-refractivity contribution < 1.29 is 27.3 Å². The van der Waals surface area contributed by atoms with E-state index in [0.717, 1.165) is 0 Å². The molecule has 0 radical (unpaired) electrons. The van der Waals surface area contributed by atoms with Gasteiger partial charge < -0.3 is 10.2 Å². The van der Waals surface area contributed by atoms with Crippen molar-refractivity contribution in [1.82, 2.24) is 0 Å². The summed E-state index contributed by atoms with van der Waals surface area (Å²) in [6, 6.07) is 10.0. The second-order valence-corrected chi connectivity index (χ2v) is 2.98. The van der Waals surface area contributed by atoms with Crippen molar-refractivity contribution in [3.8, 4) is 0 Å². The average molecular weight is 265 g/mol. The zero-order chi connectivity index (χ0) is 10.4. The Bertz CT molecular complexity index is 343. The van der Waals surface area contributed by atoms with Crippen LogP contribution in [0.15, 0.2) is 65.1 Å². The Kier molecular flexibility index (Phi) is 6.80. The van der Waals surface area contributed by atoms with Crippen LogP contribution >= 0.6 is 11.6 Å². The number of hydrogen-bond acceptors (Lipinski definition) is 2. The minimum atomic E-state index is -0.731. The average Bonchev–Trinajstić information content (AvgIpc) is 2.74. The number of allylic oxidation sites excluding steroid dienone is 5. The molecule has 0 spiro atoms. The van der Waals surface area contributed by atoms with E-state index in [0.29, 0.717) is 5.03 Å². The molecule has 0 saturated carbocycles. The minimum absolute atomic E-state index is 0. The standard InChI is InChI=1S/C6H5ClO2.C5H5.Fe/c7-5-3-1-2-4(5)6(8)9;1-2-4-5-3-1;/h1-3,8-9H;1-5H;/q;-1;. The first-order chi connectivity index (χ1) is 6.72. The second kappa shape index (κ2) is 7.29. The van der Waals surface area contributed by atoms with Crippen molar-refractivity contribution in [3.05, 3.63) is 65.1 Å². The third kappa shape index (κ3) is 4.84. The van der Waals surface area contributed by atoms with Crippen molar-refractivity contribution in [3.63, 3.8) is 0 Å². The van der Waals surface area contributed by atoms with Gasteiger partial charge >= 0.3 is 0 Å². The van der Waals surface area contributed by atoms with Gasteiger partial charge in [0.1, 0.15) is 0 Å². The molecule has 82 valence electrons. The van der Waals surface area contributed by atoms with E-state index in [-0.39, 0.29) is 22.6 Å². The molecule has 2 N–H and O–H groups in total. The van der Waals surface area contributed by atoms with E-state index in [2.05, 4.69) is 0 Å². The molecule has 4 heteroatoms. The molecule has 0 aromatic heterocycles. The molecule has 1 aliphatic rings. The molecule has 0 fully saturated rings. The maximum atomic E-state index is 8.48. The van der Waals surface area contributed by atoms with Gasteiger partial charge in [-0.2, -0.15) is 18.2 Å².